The van der Waals surface area contributed by atoms with Crippen molar-refractivity contribution in [3.63, 3.8) is 0 Å². The van der Waals surface area contributed by atoms with Crippen LogP contribution in [0.25, 0.3) is 11.0 Å². The Balaban J connectivity index is 1.88. The minimum atomic E-state index is -0.322. The number of hydrogen-bond donors (Lipinski definition) is 1. The van der Waals surface area contributed by atoms with Crippen LogP contribution in [0.2, 0.25) is 0 Å². The maximum atomic E-state index is 11.8. The Morgan fingerprint density at radius 1 is 1.09 bits per heavy atom. The zero-order valence-corrected chi connectivity index (χ0v) is 13.3. The molecule has 1 N–H and O–H groups in total. The Hall–Kier alpha value is -2.75. The molecule has 4 nitrogen and oxygen atoms in total. The van der Waals surface area contributed by atoms with E-state index >= 15 is 0 Å². The molecule has 0 spiro atoms. The normalized spacial score (nSPS) is 10.7. The number of methoxy groups -OCH3 is 1. The fourth-order valence-electron chi connectivity index (χ4n) is 2.55. The second-order valence-electron chi connectivity index (χ2n) is 5.36. The third kappa shape index (κ3) is 3.37. The van der Waals surface area contributed by atoms with E-state index in [1.165, 1.54) is 0 Å². The highest BCUT2D eigenvalue weighted by Crippen LogP contribution is 2.21. The van der Waals surface area contributed by atoms with E-state index in [1.54, 1.807) is 13.2 Å². The molecule has 1 aromatic heterocycles. The number of anilines is 1. The lowest BCUT2D eigenvalue weighted by atomic mass is 10.1. The van der Waals surface area contributed by atoms with E-state index in [2.05, 4.69) is 18.3 Å². The van der Waals surface area contributed by atoms with Gasteiger partial charge in [0.2, 0.25) is 0 Å². The minimum absolute atomic E-state index is 0.322. The molecule has 3 aromatic rings. The Morgan fingerprint density at radius 3 is 2.57 bits per heavy atom. The van der Waals surface area contributed by atoms with Crippen molar-refractivity contribution in [3.8, 4) is 5.75 Å². The lowest BCUT2D eigenvalue weighted by molar-refractivity contribution is 0.415. The summed E-state index contributed by atoms with van der Waals surface area (Å²) in [7, 11) is 1.64. The van der Waals surface area contributed by atoms with E-state index < -0.39 is 0 Å². The van der Waals surface area contributed by atoms with Crippen LogP contribution < -0.4 is 15.7 Å². The second-order valence-corrected chi connectivity index (χ2v) is 5.36. The van der Waals surface area contributed by atoms with Gasteiger partial charge in [0, 0.05) is 23.7 Å². The summed E-state index contributed by atoms with van der Waals surface area (Å²) in [6.45, 7) is 2.63. The van der Waals surface area contributed by atoms with Gasteiger partial charge in [-0.3, -0.25) is 0 Å². The molecule has 2 aromatic carbocycles. The molecule has 0 atom stereocenters. The molecule has 0 saturated carbocycles. The third-order valence-electron chi connectivity index (χ3n) is 3.88. The van der Waals surface area contributed by atoms with Gasteiger partial charge < -0.3 is 14.5 Å². The van der Waals surface area contributed by atoms with E-state index in [-0.39, 0.29) is 5.63 Å². The first kappa shape index (κ1) is 15.2. The Labute approximate surface area is 134 Å². The number of hydrogen-bond acceptors (Lipinski definition) is 4. The minimum Gasteiger partial charge on any atom is -0.497 e. The molecule has 0 amide bonds. The zero-order valence-electron chi connectivity index (χ0n) is 13.3. The molecule has 0 radical (unpaired) electrons. The lowest BCUT2D eigenvalue weighted by Crippen LogP contribution is -2.06. The van der Waals surface area contributed by atoms with Crippen molar-refractivity contribution in [1.82, 2.24) is 0 Å². The topological polar surface area (TPSA) is 51.5 Å². The number of nitrogens with one attached hydrogen (secondary N) is 1. The van der Waals surface area contributed by atoms with Crippen LogP contribution in [0.4, 0.5) is 5.69 Å². The molecule has 4 heteroatoms. The van der Waals surface area contributed by atoms with Crippen LogP contribution >= 0.6 is 0 Å². The van der Waals surface area contributed by atoms with Gasteiger partial charge >= 0.3 is 5.63 Å². The average Bonchev–Trinajstić information content (AvgIpc) is 2.59. The number of rotatable bonds is 5. The summed E-state index contributed by atoms with van der Waals surface area (Å²) in [6.07, 6.45) is 0.911. The number of ether oxygens (including phenoxy) is 1. The maximum absolute atomic E-state index is 11.8. The molecule has 0 bridgehead atoms. The van der Waals surface area contributed by atoms with Crippen molar-refractivity contribution in [1.29, 1.82) is 0 Å². The van der Waals surface area contributed by atoms with Crippen LogP contribution in [-0.4, -0.2) is 7.11 Å². The molecule has 0 saturated heterocycles. The van der Waals surface area contributed by atoms with Gasteiger partial charge in [-0.15, -0.1) is 0 Å². The first-order valence-corrected chi connectivity index (χ1v) is 7.63. The Morgan fingerprint density at radius 2 is 1.87 bits per heavy atom. The number of fused-ring (bicyclic) bond motifs is 1. The van der Waals surface area contributed by atoms with Gasteiger partial charge in [0.15, 0.2) is 0 Å². The van der Waals surface area contributed by atoms with Crippen molar-refractivity contribution < 1.29 is 9.15 Å². The van der Waals surface area contributed by atoms with Crippen LogP contribution in [0.1, 0.15) is 18.1 Å². The molecule has 0 unspecified atom stereocenters. The maximum Gasteiger partial charge on any atom is 0.336 e. The largest absolute Gasteiger partial charge is 0.497 e. The van der Waals surface area contributed by atoms with Crippen molar-refractivity contribution in [2.24, 2.45) is 0 Å². The second kappa shape index (κ2) is 6.57. The van der Waals surface area contributed by atoms with Gasteiger partial charge in [0.1, 0.15) is 11.3 Å². The van der Waals surface area contributed by atoms with Crippen molar-refractivity contribution >= 4 is 16.7 Å². The molecule has 23 heavy (non-hydrogen) atoms. The summed E-state index contributed by atoms with van der Waals surface area (Å²) in [5.74, 6) is 0.813. The summed E-state index contributed by atoms with van der Waals surface area (Å²) in [6, 6.07) is 15.3. The smallest absolute Gasteiger partial charge is 0.336 e. The molecular formula is C19H19NO3. The van der Waals surface area contributed by atoms with Crippen molar-refractivity contribution in [2.45, 2.75) is 19.9 Å². The molecule has 0 aliphatic heterocycles. The molecule has 3 rings (SSSR count). The van der Waals surface area contributed by atoms with E-state index in [9.17, 15) is 4.79 Å². The summed E-state index contributed by atoms with van der Waals surface area (Å²) in [4.78, 5) is 11.8. The number of benzene rings is 2. The van der Waals surface area contributed by atoms with E-state index in [4.69, 9.17) is 9.15 Å². The fraction of sp³-hybridized carbons (Fsp3) is 0.211. The van der Waals surface area contributed by atoms with Crippen molar-refractivity contribution in [2.75, 3.05) is 12.4 Å². The highest BCUT2D eigenvalue weighted by Gasteiger charge is 2.06. The van der Waals surface area contributed by atoms with E-state index in [0.717, 1.165) is 34.4 Å². The highest BCUT2D eigenvalue weighted by molar-refractivity contribution is 5.81. The summed E-state index contributed by atoms with van der Waals surface area (Å²) < 4.78 is 10.5. The monoisotopic (exact) mass is 309 g/mol. The predicted molar refractivity (Wildman–Crippen MR) is 92.2 cm³/mol. The van der Waals surface area contributed by atoms with Crippen LogP contribution in [0.15, 0.2) is 57.7 Å². The Bertz CT molecular complexity index is 866. The molecule has 118 valence electrons. The van der Waals surface area contributed by atoms with Gasteiger partial charge in [0.25, 0.3) is 0 Å². The van der Waals surface area contributed by atoms with Crippen LogP contribution in [0, 0.1) is 0 Å². The van der Waals surface area contributed by atoms with Gasteiger partial charge in [-0.2, -0.15) is 0 Å². The molecular weight excluding hydrogens is 290 g/mol. The zero-order chi connectivity index (χ0) is 16.2. The SMILES string of the molecule is CCc1ccc2c(CNc3ccc(OC)cc3)cc(=O)oc2c1. The molecule has 0 aliphatic rings. The summed E-state index contributed by atoms with van der Waals surface area (Å²) in [5.41, 5.74) is 3.37. The van der Waals surface area contributed by atoms with Crippen LogP contribution in [0.5, 0.6) is 5.75 Å². The lowest BCUT2D eigenvalue weighted by Gasteiger charge is -2.10. The first-order chi connectivity index (χ1) is 11.2. The van der Waals surface area contributed by atoms with Gasteiger partial charge in [-0.1, -0.05) is 19.1 Å². The molecule has 0 aliphatic carbocycles. The standard InChI is InChI=1S/C19H19NO3/c1-3-13-4-9-17-14(11-19(21)23-18(17)10-13)12-20-15-5-7-16(22-2)8-6-15/h4-11,20H,3,12H2,1-2H3. The number of aryl methyl sites for hydroxylation is 1. The third-order valence-corrected chi connectivity index (χ3v) is 3.88. The first-order valence-electron chi connectivity index (χ1n) is 7.63. The van der Waals surface area contributed by atoms with Gasteiger partial charge in [0.05, 0.1) is 7.11 Å². The van der Waals surface area contributed by atoms with Crippen LogP contribution in [0.3, 0.4) is 0 Å². The molecule has 1 heterocycles. The Kier molecular flexibility index (Phi) is 4.33. The van der Waals surface area contributed by atoms with Crippen molar-refractivity contribution in [3.05, 3.63) is 70.1 Å². The predicted octanol–water partition coefficient (Wildman–Crippen LogP) is 3.98. The van der Waals surface area contributed by atoms with Crippen LogP contribution in [-0.2, 0) is 13.0 Å². The highest BCUT2D eigenvalue weighted by atomic mass is 16.5. The van der Waals surface area contributed by atoms with Gasteiger partial charge in [-0.05, 0) is 47.9 Å². The van der Waals surface area contributed by atoms with E-state index in [1.807, 2.05) is 36.4 Å². The quantitative estimate of drug-likeness (QED) is 0.724. The average molecular weight is 309 g/mol. The molecule has 0 fully saturated rings. The van der Waals surface area contributed by atoms with Gasteiger partial charge in [-0.25, -0.2) is 4.79 Å². The summed E-state index contributed by atoms with van der Waals surface area (Å²) in [5, 5.41) is 4.29. The van der Waals surface area contributed by atoms with E-state index in [0.29, 0.717) is 12.1 Å². The summed E-state index contributed by atoms with van der Waals surface area (Å²) >= 11 is 0. The fourth-order valence-corrected chi connectivity index (χ4v) is 2.55.